The van der Waals surface area contributed by atoms with Crippen LogP contribution in [-0.4, -0.2) is 159 Å². The number of carbonyl (C=O) groups excluding carboxylic acids is 4. The van der Waals surface area contributed by atoms with Gasteiger partial charge in [0.15, 0.2) is 0 Å². The average Bonchev–Trinajstić information content (AvgIpc) is 3.04. The SMILES string of the molecule is O=C([O-])CN1CCN(CC(=O)[O-])CCN(C(CCCNC(=O)c2ccccc2Cc2cccc(C(F)(F)F)c2)C(=O)O)CCN(CC(=O)[O-])CC1.[Ga+3]. The maximum absolute atomic E-state index is 13.2. The van der Waals surface area contributed by atoms with E-state index in [4.69, 9.17) is 0 Å². The van der Waals surface area contributed by atoms with Crippen LogP contribution in [0.4, 0.5) is 13.2 Å². The van der Waals surface area contributed by atoms with Crippen molar-refractivity contribution in [2.45, 2.75) is 31.5 Å². The molecule has 1 heterocycles. The largest absolute Gasteiger partial charge is 3.00 e. The number of halogens is 3. The van der Waals surface area contributed by atoms with Gasteiger partial charge >= 0.3 is 31.9 Å². The standard InChI is InChI=1S/C34H44F3N5O9.Ga/c35-34(36,37)26-7-3-5-24(20-26)19-25-6-1-2-8-27(25)32(49)38-10-4-9-28(33(50)51)42-17-15-40(22-30(45)46)13-11-39(21-29(43)44)12-14-41(16-18-42)23-31(47)48;/h1-3,5-8,20,28H,4,9-19,21-23H2,(H,38,49)(H,43,44)(H,45,46)(H,47,48)(H,50,51);/q;+3/p-3. The Morgan fingerprint density at radius 3 is 1.73 bits per heavy atom. The summed E-state index contributed by atoms with van der Waals surface area (Å²) in [4.78, 5) is 65.9. The number of alkyl halides is 3. The van der Waals surface area contributed by atoms with Crippen LogP contribution >= 0.6 is 0 Å². The van der Waals surface area contributed by atoms with Crippen LogP contribution in [-0.2, 0) is 31.8 Å². The molecule has 1 unspecified atom stereocenters. The number of hydrogen-bond acceptors (Lipinski definition) is 12. The van der Waals surface area contributed by atoms with Gasteiger partial charge in [0.1, 0.15) is 6.04 Å². The molecular formula is C34H41F3GaN5O9. The maximum Gasteiger partial charge on any atom is 3.00 e. The molecule has 3 rings (SSSR count). The van der Waals surface area contributed by atoms with E-state index in [-0.39, 0.29) is 104 Å². The fraction of sp³-hybridized carbons (Fsp3) is 0.500. The molecule has 0 radical (unpaired) electrons. The Labute approximate surface area is 312 Å². The summed E-state index contributed by atoms with van der Waals surface area (Å²) in [5.74, 6) is -5.77. The van der Waals surface area contributed by atoms with Gasteiger partial charge in [-0.3, -0.25) is 29.2 Å². The fourth-order valence-electron chi connectivity index (χ4n) is 5.91. The third-order valence-electron chi connectivity index (χ3n) is 8.51. The van der Waals surface area contributed by atoms with Crippen molar-refractivity contribution in [2.24, 2.45) is 0 Å². The summed E-state index contributed by atoms with van der Waals surface area (Å²) in [7, 11) is 0. The van der Waals surface area contributed by atoms with Gasteiger partial charge in [-0.2, -0.15) is 13.2 Å². The van der Waals surface area contributed by atoms with Crippen LogP contribution in [0.3, 0.4) is 0 Å². The molecule has 1 atom stereocenters. The van der Waals surface area contributed by atoms with Gasteiger partial charge in [-0.1, -0.05) is 36.4 Å². The van der Waals surface area contributed by atoms with Crippen molar-refractivity contribution in [3.8, 4) is 0 Å². The van der Waals surface area contributed by atoms with Gasteiger partial charge in [0, 0.05) is 84.1 Å². The third kappa shape index (κ3) is 15.3. The Kier molecular flexibility index (Phi) is 18.3. The monoisotopic (exact) mass is 789 g/mol. The Bertz CT molecular complexity index is 1480. The van der Waals surface area contributed by atoms with Gasteiger partial charge in [-0.25, -0.2) is 0 Å². The summed E-state index contributed by atoms with van der Waals surface area (Å²) in [6.07, 6.45) is -4.18. The van der Waals surface area contributed by atoms with E-state index in [1.54, 1.807) is 29.2 Å². The molecule has 2 aromatic rings. The molecule has 0 aromatic heterocycles. The van der Waals surface area contributed by atoms with Crippen LogP contribution in [0, 0.1) is 0 Å². The van der Waals surface area contributed by atoms with Crippen molar-refractivity contribution < 1.29 is 57.6 Å². The summed E-state index contributed by atoms with van der Waals surface area (Å²) in [5.41, 5.74) is 0.325. The molecule has 0 bridgehead atoms. The summed E-state index contributed by atoms with van der Waals surface area (Å²) in [6, 6.07) is 10.2. The molecule has 1 amide bonds. The first kappa shape index (κ1) is 44.2. The van der Waals surface area contributed by atoms with Crippen molar-refractivity contribution in [3.05, 3.63) is 70.8 Å². The number of carbonyl (C=O) groups is 5. The van der Waals surface area contributed by atoms with Crippen LogP contribution in [0.25, 0.3) is 0 Å². The molecule has 0 spiro atoms. The number of carboxylic acid groups (broad SMARTS) is 4. The zero-order valence-electron chi connectivity index (χ0n) is 28.5. The number of aliphatic carboxylic acids is 4. The van der Waals surface area contributed by atoms with Gasteiger partial charge in [0.05, 0.1) is 23.5 Å². The van der Waals surface area contributed by atoms with E-state index in [9.17, 15) is 57.6 Å². The molecule has 1 saturated heterocycles. The van der Waals surface area contributed by atoms with Crippen molar-refractivity contribution in [1.29, 1.82) is 0 Å². The first-order valence-corrected chi connectivity index (χ1v) is 16.4. The quantitative estimate of drug-likeness (QED) is 0.140. The molecule has 280 valence electrons. The second-order valence-electron chi connectivity index (χ2n) is 12.3. The van der Waals surface area contributed by atoms with Gasteiger partial charge < -0.3 is 40.1 Å². The van der Waals surface area contributed by atoms with E-state index in [1.807, 2.05) is 0 Å². The van der Waals surface area contributed by atoms with E-state index in [1.165, 1.54) is 26.8 Å². The molecule has 2 N–H and O–H groups in total. The van der Waals surface area contributed by atoms with Gasteiger partial charge in [-0.15, -0.1) is 0 Å². The smallest absolute Gasteiger partial charge is 0.549 e. The van der Waals surface area contributed by atoms with E-state index >= 15 is 0 Å². The fourth-order valence-corrected chi connectivity index (χ4v) is 5.91. The number of hydrogen-bond donors (Lipinski definition) is 2. The number of benzene rings is 2. The molecule has 1 aliphatic rings. The minimum Gasteiger partial charge on any atom is -0.549 e. The Hall–Kier alpha value is -3.94. The van der Waals surface area contributed by atoms with Crippen molar-refractivity contribution in [3.63, 3.8) is 0 Å². The molecule has 52 heavy (non-hydrogen) atoms. The summed E-state index contributed by atoms with van der Waals surface area (Å²) in [5, 5.41) is 47.1. The molecule has 0 saturated carbocycles. The molecule has 1 aliphatic heterocycles. The number of rotatable bonds is 15. The maximum atomic E-state index is 13.2. The van der Waals surface area contributed by atoms with Crippen LogP contribution in [0.5, 0.6) is 0 Å². The topological polar surface area (TPSA) is 200 Å². The number of nitrogens with zero attached hydrogens (tertiary/aromatic N) is 4. The van der Waals surface area contributed by atoms with Crippen LogP contribution in [0.1, 0.15) is 39.9 Å². The van der Waals surface area contributed by atoms with E-state index in [2.05, 4.69) is 5.32 Å². The zero-order chi connectivity index (χ0) is 37.6. The van der Waals surface area contributed by atoms with Crippen LogP contribution in [0.2, 0.25) is 0 Å². The van der Waals surface area contributed by atoms with E-state index in [0.29, 0.717) is 11.1 Å². The van der Waals surface area contributed by atoms with Gasteiger partial charge in [0.25, 0.3) is 5.91 Å². The minimum absolute atomic E-state index is 0. The van der Waals surface area contributed by atoms with Crippen LogP contribution < -0.4 is 20.6 Å². The number of nitrogens with one attached hydrogen (secondary N) is 1. The number of carboxylic acids is 4. The first-order chi connectivity index (χ1) is 24.1. The van der Waals surface area contributed by atoms with Crippen LogP contribution in [0.15, 0.2) is 48.5 Å². The third-order valence-corrected chi connectivity index (χ3v) is 8.51. The Balaban J connectivity index is 0.00000936. The first-order valence-electron chi connectivity index (χ1n) is 16.4. The second kappa shape index (κ2) is 21.6. The van der Waals surface area contributed by atoms with Crippen molar-refractivity contribution in [1.82, 2.24) is 24.9 Å². The predicted molar refractivity (Wildman–Crippen MR) is 175 cm³/mol. The summed E-state index contributed by atoms with van der Waals surface area (Å²) >= 11 is 0. The molecule has 14 nitrogen and oxygen atoms in total. The van der Waals surface area contributed by atoms with Crippen molar-refractivity contribution in [2.75, 3.05) is 78.5 Å². The summed E-state index contributed by atoms with van der Waals surface area (Å²) in [6.45, 7) is -0.614. The Morgan fingerprint density at radius 1 is 0.750 bits per heavy atom. The van der Waals surface area contributed by atoms with Crippen molar-refractivity contribution >= 4 is 49.6 Å². The Morgan fingerprint density at radius 2 is 1.25 bits per heavy atom. The van der Waals surface area contributed by atoms with E-state index < -0.39 is 67.2 Å². The predicted octanol–water partition coefficient (Wildman–Crippen LogP) is -2.65. The van der Waals surface area contributed by atoms with Gasteiger partial charge in [-0.05, 0) is 42.5 Å². The summed E-state index contributed by atoms with van der Waals surface area (Å²) < 4.78 is 39.6. The molecule has 18 heteroatoms. The molecule has 0 aliphatic carbocycles. The normalized spacial score (nSPS) is 16.4. The van der Waals surface area contributed by atoms with E-state index in [0.717, 1.165) is 12.1 Å². The average molecular weight is 790 g/mol. The second-order valence-corrected chi connectivity index (χ2v) is 12.3. The molecule has 1 fully saturated rings. The molecule has 2 aromatic carbocycles. The minimum atomic E-state index is -4.52. The van der Waals surface area contributed by atoms with Gasteiger partial charge in [0.2, 0.25) is 0 Å². The number of amides is 1. The zero-order valence-corrected chi connectivity index (χ0v) is 30.9. The molecular weight excluding hydrogens is 749 g/mol.